The molecule has 1 saturated heterocycles. The van der Waals surface area contributed by atoms with Crippen molar-refractivity contribution in [2.75, 3.05) is 30.4 Å². The molecule has 0 spiro atoms. The number of sulfonamides is 1. The number of aryl methyl sites for hydroxylation is 2. The number of rotatable bonds is 10. The number of carbonyl (C=O) groups excluding carboxylic acids is 1. The van der Waals surface area contributed by atoms with Crippen LogP contribution in [-0.2, 0) is 19.5 Å². The molecule has 2 N–H and O–H groups in total. The predicted molar refractivity (Wildman–Crippen MR) is 161 cm³/mol. The molecule has 43 heavy (non-hydrogen) atoms. The molecule has 0 radical (unpaired) electrons. The molecule has 0 aliphatic carbocycles. The Morgan fingerprint density at radius 1 is 1.14 bits per heavy atom. The number of methoxy groups -OCH3 is 1. The summed E-state index contributed by atoms with van der Waals surface area (Å²) >= 11 is 1.23. The number of ether oxygens (including phenoxy) is 4. The Morgan fingerprint density at radius 3 is 2.58 bits per heavy atom. The van der Waals surface area contributed by atoms with Crippen LogP contribution in [0.3, 0.4) is 0 Å². The molecule has 3 aromatic heterocycles. The first-order valence-electron chi connectivity index (χ1n) is 13.3. The Morgan fingerprint density at radius 2 is 1.88 bits per heavy atom. The van der Waals surface area contributed by atoms with Gasteiger partial charge in [0, 0.05) is 11.4 Å². The summed E-state index contributed by atoms with van der Waals surface area (Å²) in [6, 6.07) is 12.0. The Labute approximate surface area is 253 Å². The number of para-hydroxylation sites is 1. The topological polar surface area (TPSA) is 151 Å². The van der Waals surface area contributed by atoms with Crippen LogP contribution in [0.5, 0.6) is 11.8 Å². The van der Waals surface area contributed by atoms with E-state index in [-0.39, 0.29) is 34.9 Å². The van der Waals surface area contributed by atoms with Gasteiger partial charge in [-0.1, -0.05) is 24.3 Å². The number of carbonyl (C=O) groups is 1. The largest absolute Gasteiger partial charge is 0.480 e. The van der Waals surface area contributed by atoms with E-state index < -0.39 is 21.7 Å². The third-order valence-corrected chi connectivity index (χ3v) is 8.65. The van der Waals surface area contributed by atoms with E-state index >= 15 is 0 Å². The number of anilines is 2. The molecule has 226 valence electrons. The molecule has 0 saturated carbocycles. The first-order chi connectivity index (χ1) is 20.4. The first kappa shape index (κ1) is 30.4. The highest BCUT2D eigenvalue weighted by molar-refractivity contribution is 7.92. The Balaban J connectivity index is 1.29. The summed E-state index contributed by atoms with van der Waals surface area (Å²) in [6.07, 6.45) is 1.10. The summed E-state index contributed by atoms with van der Waals surface area (Å²) in [5.74, 6) is -0.916. The minimum Gasteiger partial charge on any atom is -0.480 e. The molecule has 1 atom stereocenters. The summed E-state index contributed by atoms with van der Waals surface area (Å²) in [7, 11) is -2.79. The molecule has 1 aliphatic heterocycles. The summed E-state index contributed by atoms with van der Waals surface area (Å²) in [5, 5.41) is 4.76. The van der Waals surface area contributed by atoms with Gasteiger partial charge in [0.25, 0.3) is 15.9 Å². The van der Waals surface area contributed by atoms with Gasteiger partial charge in [0.2, 0.25) is 11.8 Å². The molecule has 4 aromatic rings. The maximum atomic E-state index is 13.3. The average Bonchev–Trinajstić information content (AvgIpc) is 3.61. The Kier molecular flexibility index (Phi) is 8.64. The smallest absolute Gasteiger partial charge is 0.275 e. The van der Waals surface area contributed by atoms with Crippen molar-refractivity contribution in [3.63, 3.8) is 0 Å². The Bertz CT molecular complexity index is 1740. The second kappa shape index (κ2) is 12.2. The van der Waals surface area contributed by atoms with Crippen LogP contribution in [0.4, 0.5) is 11.4 Å². The fourth-order valence-electron chi connectivity index (χ4n) is 4.34. The molecule has 1 unspecified atom stereocenters. The molecule has 5 rings (SSSR count). The number of hydrogen-bond donors (Lipinski definition) is 2. The monoisotopic (exact) mass is 625 g/mol. The van der Waals surface area contributed by atoms with Crippen molar-refractivity contribution in [1.29, 1.82) is 0 Å². The summed E-state index contributed by atoms with van der Waals surface area (Å²) in [6.45, 7) is 8.01. The summed E-state index contributed by atoms with van der Waals surface area (Å²) in [4.78, 5) is 25.9. The van der Waals surface area contributed by atoms with Crippen molar-refractivity contribution in [1.82, 2.24) is 15.0 Å². The normalized spacial score (nSPS) is 16.1. The maximum absolute atomic E-state index is 13.3. The zero-order valence-corrected chi connectivity index (χ0v) is 25.8. The quantitative estimate of drug-likeness (QED) is 0.251. The van der Waals surface area contributed by atoms with Gasteiger partial charge in [-0.3, -0.25) is 9.52 Å². The van der Waals surface area contributed by atoms with E-state index in [1.165, 1.54) is 30.7 Å². The summed E-state index contributed by atoms with van der Waals surface area (Å²) < 4.78 is 51.6. The molecular formula is C29H31N5O7S2. The van der Waals surface area contributed by atoms with Gasteiger partial charge in [0.05, 0.1) is 31.3 Å². The molecule has 12 nitrogen and oxygen atoms in total. The number of benzene rings is 1. The van der Waals surface area contributed by atoms with Gasteiger partial charge >= 0.3 is 0 Å². The van der Waals surface area contributed by atoms with Crippen molar-refractivity contribution >= 4 is 38.6 Å². The highest BCUT2D eigenvalue weighted by atomic mass is 32.2. The molecule has 1 aromatic carbocycles. The number of thiazole rings is 1. The number of aromatic nitrogens is 3. The number of hydrogen-bond acceptors (Lipinski definition) is 11. The fraction of sp³-hybridized carbons (Fsp3) is 0.310. The van der Waals surface area contributed by atoms with E-state index in [0.29, 0.717) is 28.9 Å². The van der Waals surface area contributed by atoms with E-state index in [4.69, 9.17) is 18.9 Å². The lowest BCUT2D eigenvalue weighted by Crippen LogP contribution is -2.25. The van der Waals surface area contributed by atoms with E-state index in [1.54, 1.807) is 49.6 Å². The standard InChI is InChI=1S/C29H31N5O7S2/c1-17-8-6-9-18(2)25(17)34-43(36,37)23-12-19(13-30-27(23)38-5)31-26(35)22-16-42-28(33-22)21-10-7-11-24(32-21)39-14-20-15-40-29(3,4)41-20/h6-13,16,20,34H,14-15H2,1-5H3,(H,31,35). The molecular weight excluding hydrogens is 594 g/mol. The van der Waals surface area contributed by atoms with Crippen molar-refractivity contribution in [2.24, 2.45) is 0 Å². The maximum Gasteiger partial charge on any atom is 0.275 e. The van der Waals surface area contributed by atoms with Gasteiger partial charge in [-0.25, -0.2) is 23.4 Å². The van der Waals surface area contributed by atoms with Crippen LogP contribution in [-0.4, -0.2) is 61.5 Å². The highest BCUT2D eigenvalue weighted by Gasteiger charge is 2.33. The van der Waals surface area contributed by atoms with E-state index in [9.17, 15) is 13.2 Å². The second-order valence-corrected chi connectivity index (χ2v) is 12.7. The molecule has 1 fully saturated rings. The molecule has 14 heteroatoms. The van der Waals surface area contributed by atoms with Crippen LogP contribution in [0.2, 0.25) is 0 Å². The van der Waals surface area contributed by atoms with E-state index in [1.807, 2.05) is 19.9 Å². The number of nitrogens with zero attached hydrogens (tertiary/aromatic N) is 3. The van der Waals surface area contributed by atoms with Gasteiger partial charge in [-0.05, 0) is 51.0 Å². The zero-order chi connectivity index (χ0) is 30.8. The lowest BCUT2D eigenvalue weighted by atomic mass is 10.1. The number of pyridine rings is 2. The zero-order valence-electron chi connectivity index (χ0n) is 24.2. The average molecular weight is 626 g/mol. The SMILES string of the molecule is COc1ncc(NC(=O)c2csc(-c3cccc(OCC4COC(C)(C)O4)n3)n2)cc1S(=O)(=O)Nc1c(C)cccc1C. The van der Waals surface area contributed by atoms with Crippen LogP contribution in [0.1, 0.15) is 35.5 Å². The predicted octanol–water partition coefficient (Wildman–Crippen LogP) is 4.81. The second-order valence-electron chi connectivity index (χ2n) is 10.2. The highest BCUT2D eigenvalue weighted by Crippen LogP contribution is 2.30. The van der Waals surface area contributed by atoms with Crippen molar-refractivity contribution in [3.8, 4) is 22.5 Å². The van der Waals surface area contributed by atoms with Gasteiger partial charge in [-0.15, -0.1) is 11.3 Å². The van der Waals surface area contributed by atoms with Crippen LogP contribution in [0.15, 0.2) is 58.9 Å². The minimum atomic E-state index is -4.11. The minimum absolute atomic E-state index is 0.114. The third kappa shape index (κ3) is 7.10. The van der Waals surface area contributed by atoms with Crippen LogP contribution in [0.25, 0.3) is 10.7 Å². The first-order valence-corrected chi connectivity index (χ1v) is 15.6. The van der Waals surface area contributed by atoms with Crippen molar-refractivity contribution < 1.29 is 32.2 Å². The van der Waals surface area contributed by atoms with Crippen LogP contribution in [0, 0.1) is 13.8 Å². The van der Waals surface area contributed by atoms with E-state index in [2.05, 4.69) is 25.0 Å². The molecule has 1 amide bonds. The molecule has 1 aliphatic rings. The van der Waals surface area contributed by atoms with Gasteiger partial charge in [0.1, 0.15) is 29.1 Å². The third-order valence-electron chi connectivity index (χ3n) is 6.44. The van der Waals surface area contributed by atoms with Gasteiger partial charge in [-0.2, -0.15) is 0 Å². The summed E-state index contributed by atoms with van der Waals surface area (Å²) in [5.41, 5.74) is 2.78. The Hall–Kier alpha value is -4.11. The number of nitrogens with one attached hydrogen (secondary N) is 2. The lowest BCUT2D eigenvalue weighted by molar-refractivity contribution is -0.141. The molecule has 4 heterocycles. The lowest BCUT2D eigenvalue weighted by Gasteiger charge is -2.17. The van der Waals surface area contributed by atoms with Crippen LogP contribution < -0.4 is 19.5 Å². The number of amides is 1. The van der Waals surface area contributed by atoms with Crippen LogP contribution >= 0.6 is 11.3 Å². The van der Waals surface area contributed by atoms with E-state index in [0.717, 1.165) is 11.1 Å². The van der Waals surface area contributed by atoms with Gasteiger partial charge < -0.3 is 24.3 Å². The molecule has 0 bridgehead atoms. The fourth-order valence-corrected chi connectivity index (χ4v) is 6.46. The van der Waals surface area contributed by atoms with Gasteiger partial charge in [0.15, 0.2) is 10.7 Å². The van der Waals surface area contributed by atoms with Crippen molar-refractivity contribution in [2.45, 2.75) is 44.5 Å². The van der Waals surface area contributed by atoms with Crippen molar-refractivity contribution in [3.05, 3.63) is 70.9 Å².